The van der Waals surface area contributed by atoms with E-state index in [4.69, 9.17) is 9.47 Å². The Morgan fingerprint density at radius 2 is 1.97 bits per heavy atom. The lowest BCUT2D eigenvalue weighted by Gasteiger charge is -2.28. The van der Waals surface area contributed by atoms with Crippen LogP contribution in [0, 0.1) is 5.92 Å². The standard InChI is InChI=1S/C24H32N2O5/c1-6-7-12-30-20-19-13-17(15-27)10-11-18(19)22(28)26(14-16-8-9-16)21(20)25(5)23(29)31-24(2,3)4/h10-11,13,15-16H,6-9,12,14H2,1-5H3. The zero-order valence-corrected chi connectivity index (χ0v) is 19.1. The Kier molecular flexibility index (Phi) is 6.72. The van der Waals surface area contributed by atoms with Crippen molar-refractivity contribution in [2.75, 3.05) is 18.6 Å². The molecule has 3 rings (SSSR count). The SMILES string of the molecule is CCCCOc1c(N(C)C(=O)OC(C)(C)C)n(CC2CC2)c(=O)c2ccc(C=O)cc12. The minimum Gasteiger partial charge on any atom is -0.489 e. The molecule has 1 aromatic carbocycles. The Bertz CT molecular complexity index is 1030. The van der Waals surface area contributed by atoms with E-state index < -0.39 is 11.7 Å². The van der Waals surface area contributed by atoms with E-state index in [0.717, 1.165) is 32.0 Å². The molecule has 1 fully saturated rings. The molecule has 31 heavy (non-hydrogen) atoms. The number of benzene rings is 1. The number of carbonyl (C=O) groups excluding carboxylic acids is 2. The summed E-state index contributed by atoms with van der Waals surface area (Å²) in [6.45, 7) is 8.40. The van der Waals surface area contributed by atoms with Crippen LogP contribution >= 0.6 is 0 Å². The predicted octanol–water partition coefficient (Wildman–Crippen LogP) is 4.77. The monoisotopic (exact) mass is 428 g/mol. The lowest BCUT2D eigenvalue weighted by Crippen LogP contribution is -2.38. The summed E-state index contributed by atoms with van der Waals surface area (Å²) in [6, 6.07) is 4.94. The van der Waals surface area contributed by atoms with Crippen LogP contribution in [0.3, 0.4) is 0 Å². The third-order valence-electron chi connectivity index (χ3n) is 5.23. The van der Waals surface area contributed by atoms with Crippen LogP contribution in [0.2, 0.25) is 0 Å². The molecule has 0 bridgehead atoms. The van der Waals surface area contributed by atoms with E-state index in [-0.39, 0.29) is 5.56 Å². The van der Waals surface area contributed by atoms with Crippen molar-refractivity contribution in [2.24, 2.45) is 5.92 Å². The topological polar surface area (TPSA) is 77.8 Å². The molecule has 0 radical (unpaired) electrons. The van der Waals surface area contributed by atoms with E-state index in [1.54, 1.807) is 50.6 Å². The van der Waals surface area contributed by atoms with Gasteiger partial charge in [0, 0.05) is 24.5 Å². The summed E-state index contributed by atoms with van der Waals surface area (Å²) < 4.78 is 13.4. The van der Waals surface area contributed by atoms with Crippen molar-refractivity contribution in [2.45, 2.75) is 65.5 Å². The molecule has 0 saturated heterocycles. The maximum absolute atomic E-state index is 13.4. The Hall–Kier alpha value is -2.83. The molecular weight excluding hydrogens is 396 g/mol. The number of fused-ring (bicyclic) bond motifs is 1. The minimum absolute atomic E-state index is 0.201. The predicted molar refractivity (Wildman–Crippen MR) is 121 cm³/mol. The molecule has 0 unspecified atom stereocenters. The van der Waals surface area contributed by atoms with Gasteiger partial charge in [-0.15, -0.1) is 0 Å². The van der Waals surface area contributed by atoms with Gasteiger partial charge in [-0.25, -0.2) is 4.79 Å². The molecule has 1 aliphatic carbocycles. The van der Waals surface area contributed by atoms with Crippen LogP contribution in [-0.2, 0) is 11.3 Å². The van der Waals surface area contributed by atoms with Gasteiger partial charge < -0.3 is 9.47 Å². The second kappa shape index (κ2) is 9.12. The number of aromatic nitrogens is 1. The number of unbranched alkanes of at least 4 members (excludes halogenated alkanes) is 1. The van der Waals surface area contributed by atoms with Crippen molar-refractivity contribution in [3.63, 3.8) is 0 Å². The van der Waals surface area contributed by atoms with Crippen LogP contribution in [0.5, 0.6) is 5.75 Å². The van der Waals surface area contributed by atoms with Gasteiger partial charge in [0.05, 0.1) is 12.0 Å². The highest BCUT2D eigenvalue weighted by atomic mass is 16.6. The number of pyridine rings is 1. The molecule has 168 valence electrons. The van der Waals surface area contributed by atoms with Crippen LogP contribution in [0.25, 0.3) is 10.8 Å². The number of hydrogen-bond donors (Lipinski definition) is 0. The van der Waals surface area contributed by atoms with Gasteiger partial charge in [0.15, 0.2) is 11.6 Å². The average molecular weight is 429 g/mol. The zero-order chi connectivity index (χ0) is 22.8. The summed E-state index contributed by atoms with van der Waals surface area (Å²) in [7, 11) is 1.59. The highest BCUT2D eigenvalue weighted by Gasteiger charge is 2.31. The van der Waals surface area contributed by atoms with Crippen molar-refractivity contribution in [3.8, 4) is 5.75 Å². The molecule has 7 heteroatoms. The largest absolute Gasteiger partial charge is 0.489 e. The second-order valence-corrected chi connectivity index (χ2v) is 9.18. The number of ether oxygens (including phenoxy) is 2. The third-order valence-corrected chi connectivity index (χ3v) is 5.23. The van der Waals surface area contributed by atoms with Crippen LogP contribution < -0.4 is 15.2 Å². The highest BCUT2D eigenvalue weighted by Crippen LogP contribution is 2.38. The molecule has 7 nitrogen and oxygen atoms in total. The van der Waals surface area contributed by atoms with Crippen molar-refractivity contribution < 1.29 is 19.1 Å². The average Bonchev–Trinajstić information content (AvgIpc) is 3.53. The van der Waals surface area contributed by atoms with Crippen LogP contribution in [-0.4, -0.2) is 36.2 Å². The van der Waals surface area contributed by atoms with E-state index in [9.17, 15) is 14.4 Å². The first-order valence-electron chi connectivity index (χ1n) is 10.9. The summed E-state index contributed by atoms with van der Waals surface area (Å²) in [5.41, 5.74) is -0.441. The van der Waals surface area contributed by atoms with Crippen molar-refractivity contribution in [1.82, 2.24) is 4.57 Å². The van der Waals surface area contributed by atoms with Crippen molar-refractivity contribution >= 4 is 29.0 Å². The quantitative estimate of drug-likeness (QED) is 0.447. The highest BCUT2D eigenvalue weighted by molar-refractivity contribution is 5.99. The van der Waals surface area contributed by atoms with Gasteiger partial charge in [-0.3, -0.25) is 19.1 Å². The number of nitrogens with zero attached hydrogens (tertiary/aromatic N) is 2. The fourth-order valence-corrected chi connectivity index (χ4v) is 3.43. The van der Waals surface area contributed by atoms with E-state index >= 15 is 0 Å². The summed E-state index contributed by atoms with van der Waals surface area (Å²) in [5, 5.41) is 1.00. The summed E-state index contributed by atoms with van der Waals surface area (Å²) in [4.78, 5) is 39.1. The Balaban J connectivity index is 2.25. The summed E-state index contributed by atoms with van der Waals surface area (Å²) >= 11 is 0. The molecule has 1 amide bonds. The number of carbonyl (C=O) groups is 2. The Labute approximate surface area is 182 Å². The molecule has 2 aromatic rings. The van der Waals surface area contributed by atoms with Crippen molar-refractivity contribution in [1.29, 1.82) is 0 Å². The Morgan fingerprint density at radius 3 is 2.55 bits per heavy atom. The Morgan fingerprint density at radius 1 is 1.26 bits per heavy atom. The van der Waals surface area contributed by atoms with Gasteiger partial charge in [0.2, 0.25) is 0 Å². The van der Waals surface area contributed by atoms with Gasteiger partial charge in [-0.05, 0) is 58.1 Å². The normalized spacial score (nSPS) is 13.8. The lowest BCUT2D eigenvalue weighted by molar-refractivity contribution is 0.0585. The van der Waals surface area contributed by atoms with Gasteiger partial charge in [0.25, 0.3) is 5.56 Å². The summed E-state index contributed by atoms with van der Waals surface area (Å²) in [6.07, 6.45) is 4.04. The van der Waals surface area contributed by atoms with Crippen molar-refractivity contribution in [3.05, 3.63) is 34.1 Å². The van der Waals surface area contributed by atoms with E-state index in [0.29, 0.717) is 47.0 Å². The molecule has 1 aliphatic rings. The van der Waals surface area contributed by atoms with Gasteiger partial charge in [-0.1, -0.05) is 19.4 Å². The fraction of sp³-hybridized carbons (Fsp3) is 0.542. The van der Waals surface area contributed by atoms with E-state index in [1.807, 2.05) is 0 Å². The zero-order valence-electron chi connectivity index (χ0n) is 19.1. The van der Waals surface area contributed by atoms with Gasteiger partial charge >= 0.3 is 6.09 Å². The molecule has 0 atom stereocenters. The van der Waals surface area contributed by atoms with Gasteiger partial charge in [0.1, 0.15) is 11.9 Å². The molecule has 1 heterocycles. The third kappa shape index (κ3) is 5.27. The first-order chi connectivity index (χ1) is 14.7. The van der Waals surface area contributed by atoms with Crippen LogP contribution in [0.1, 0.15) is 63.7 Å². The maximum Gasteiger partial charge on any atom is 0.415 e. The lowest BCUT2D eigenvalue weighted by atomic mass is 10.1. The number of hydrogen-bond acceptors (Lipinski definition) is 5. The van der Waals surface area contributed by atoms with Crippen LogP contribution in [0.15, 0.2) is 23.0 Å². The number of aldehydes is 1. The maximum atomic E-state index is 13.4. The second-order valence-electron chi connectivity index (χ2n) is 9.18. The number of rotatable bonds is 8. The molecule has 1 aromatic heterocycles. The van der Waals surface area contributed by atoms with Gasteiger partial charge in [-0.2, -0.15) is 0 Å². The molecule has 1 saturated carbocycles. The first kappa shape index (κ1) is 22.8. The number of anilines is 1. The van der Waals surface area contributed by atoms with Crippen LogP contribution in [0.4, 0.5) is 10.6 Å². The minimum atomic E-state index is -0.683. The number of amides is 1. The van der Waals surface area contributed by atoms with E-state index in [1.165, 1.54) is 4.90 Å². The molecule has 0 spiro atoms. The molecule has 0 aliphatic heterocycles. The summed E-state index contributed by atoms with van der Waals surface area (Å²) in [5.74, 6) is 1.21. The molecular formula is C24H32N2O5. The van der Waals surface area contributed by atoms with E-state index in [2.05, 4.69) is 6.92 Å². The smallest absolute Gasteiger partial charge is 0.415 e. The fourth-order valence-electron chi connectivity index (χ4n) is 3.43. The molecule has 0 N–H and O–H groups in total. The first-order valence-corrected chi connectivity index (χ1v) is 10.9.